The van der Waals surface area contributed by atoms with Gasteiger partial charge in [-0.05, 0) is 48.6 Å². The second-order valence-electron chi connectivity index (χ2n) is 5.51. The molecule has 0 spiro atoms. The lowest BCUT2D eigenvalue weighted by atomic mass is 9.81. The molecule has 1 unspecified atom stereocenters. The Bertz CT molecular complexity index is 1040. The molecule has 24 heavy (non-hydrogen) atoms. The van der Waals surface area contributed by atoms with Crippen molar-refractivity contribution in [2.24, 2.45) is 5.92 Å². The highest BCUT2D eigenvalue weighted by Crippen LogP contribution is 2.36. The summed E-state index contributed by atoms with van der Waals surface area (Å²) in [6, 6.07) is 1.59. The van der Waals surface area contributed by atoms with Crippen molar-refractivity contribution in [3.8, 4) is 17.2 Å². The Balaban J connectivity index is 1.63. The van der Waals surface area contributed by atoms with E-state index in [2.05, 4.69) is 5.32 Å². The van der Waals surface area contributed by atoms with Crippen LogP contribution in [-0.4, -0.2) is 26.4 Å². The van der Waals surface area contributed by atoms with E-state index in [1.807, 2.05) is 0 Å². The first-order valence-electron chi connectivity index (χ1n) is 11.5. The molecule has 4 nitrogen and oxygen atoms in total. The Labute approximate surface area is 151 Å². The fourth-order valence-electron chi connectivity index (χ4n) is 2.74. The van der Waals surface area contributed by atoms with Gasteiger partial charge in [-0.3, -0.25) is 0 Å². The highest BCUT2D eigenvalue weighted by molar-refractivity contribution is 5.46. The molecular weight excluding hydrogens is 309 g/mol. The topological polar surface area (TPSA) is 39.7 Å². The van der Waals surface area contributed by atoms with Gasteiger partial charge in [-0.1, -0.05) is 12.1 Å². The maximum atomic E-state index is 14.0. The van der Waals surface area contributed by atoms with Crippen LogP contribution in [0.25, 0.3) is 0 Å². The van der Waals surface area contributed by atoms with Crippen LogP contribution in [0.15, 0.2) is 42.4 Å². The van der Waals surface area contributed by atoms with Gasteiger partial charge in [0.15, 0.2) is 11.5 Å². The van der Waals surface area contributed by atoms with Gasteiger partial charge in [-0.2, -0.15) is 0 Å². The molecule has 0 radical (unpaired) electrons. The molecule has 2 heterocycles. The van der Waals surface area contributed by atoms with Crippen molar-refractivity contribution < 1.29 is 29.6 Å². The van der Waals surface area contributed by atoms with Crippen LogP contribution >= 0.6 is 0 Å². The van der Waals surface area contributed by atoms with Crippen LogP contribution in [0.3, 0.4) is 0 Å². The van der Waals surface area contributed by atoms with Crippen molar-refractivity contribution in [1.82, 2.24) is 5.32 Å². The molecule has 1 fully saturated rings. The Morgan fingerprint density at radius 3 is 2.96 bits per heavy atom. The summed E-state index contributed by atoms with van der Waals surface area (Å²) in [7, 11) is 0. The van der Waals surface area contributed by atoms with Crippen LogP contribution in [0.5, 0.6) is 17.2 Å². The molecule has 1 saturated heterocycles. The van der Waals surface area contributed by atoms with Gasteiger partial charge >= 0.3 is 0 Å². The molecule has 4 rings (SSSR count). The largest absolute Gasteiger partial charge is 0.493 e. The Morgan fingerprint density at radius 1 is 1.25 bits per heavy atom. The second-order valence-corrected chi connectivity index (χ2v) is 5.51. The lowest BCUT2D eigenvalue weighted by Gasteiger charge is -2.32. The van der Waals surface area contributed by atoms with E-state index in [9.17, 15) is 4.39 Å². The maximum absolute atomic E-state index is 14.0. The van der Waals surface area contributed by atoms with Gasteiger partial charge in [0.1, 0.15) is 14.3 Å². The quantitative estimate of drug-likeness (QED) is 0.929. The van der Waals surface area contributed by atoms with Crippen molar-refractivity contribution in [2.75, 3.05) is 26.4 Å². The molecule has 1 N–H and O–H groups in total. The predicted octanol–water partition coefficient (Wildman–Crippen LogP) is 3.33. The Hall–Kier alpha value is -2.27. The minimum absolute atomic E-state index is 0.0549. The smallest absolute Gasteiger partial charge is 0.231 e. The first-order valence-corrected chi connectivity index (χ1v) is 7.52. The maximum Gasteiger partial charge on any atom is 0.231 e. The molecule has 0 aliphatic carbocycles. The number of halogens is 1. The molecule has 0 bridgehead atoms. The van der Waals surface area contributed by atoms with Gasteiger partial charge in [0.2, 0.25) is 6.75 Å². The lowest BCUT2D eigenvalue weighted by Crippen LogP contribution is -2.38. The predicted molar refractivity (Wildman–Crippen MR) is 88.2 cm³/mol. The highest BCUT2D eigenvalue weighted by Gasteiger charge is 2.27. The molecule has 2 aliphatic heterocycles. The number of piperidine rings is 1. The fraction of sp³-hybridized carbons (Fsp3) is 0.368. The number of fused-ring (bicyclic) bond motifs is 1. The summed E-state index contributed by atoms with van der Waals surface area (Å²) in [5, 5.41) is 2.95. The summed E-state index contributed by atoms with van der Waals surface area (Å²) < 4.78 is 93.7. The number of hydrogen-bond acceptors (Lipinski definition) is 4. The molecule has 5 heteroatoms. The van der Waals surface area contributed by atoms with E-state index in [1.54, 1.807) is 0 Å². The van der Waals surface area contributed by atoms with Crippen molar-refractivity contribution in [1.29, 1.82) is 0 Å². The van der Waals surface area contributed by atoms with E-state index in [0.717, 1.165) is 0 Å². The fourth-order valence-corrected chi connectivity index (χ4v) is 2.74. The zero-order valence-electron chi connectivity index (χ0n) is 20.6. The average Bonchev–Trinajstić information content (AvgIpc) is 3.03. The molecule has 2 aromatic carbocycles. The van der Waals surface area contributed by atoms with Crippen molar-refractivity contribution >= 4 is 0 Å². The van der Waals surface area contributed by atoms with Gasteiger partial charge < -0.3 is 19.5 Å². The molecule has 0 aromatic heterocycles. The first-order chi connectivity index (χ1) is 14.9. The van der Waals surface area contributed by atoms with E-state index in [-0.39, 0.29) is 36.8 Å². The third kappa shape index (κ3) is 3.17. The summed E-state index contributed by atoms with van der Waals surface area (Å²) in [4.78, 5) is 0. The van der Waals surface area contributed by atoms with Crippen LogP contribution < -0.4 is 19.5 Å². The summed E-state index contributed by atoms with van der Waals surface area (Å²) in [6.45, 7) is -2.14. The third-order valence-electron chi connectivity index (χ3n) is 3.93. The Kier molecular flexibility index (Phi) is 2.43. The number of ether oxygens (including phenoxy) is 3. The van der Waals surface area contributed by atoms with E-state index >= 15 is 0 Å². The van der Waals surface area contributed by atoms with Crippen molar-refractivity contribution in [3.05, 3.63) is 53.7 Å². The third-order valence-corrected chi connectivity index (χ3v) is 3.93. The summed E-state index contributed by atoms with van der Waals surface area (Å²) in [5.41, 5.74) is -0.180. The molecular formula is C19H20FNO3. The van der Waals surface area contributed by atoms with E-state index in [1.165, 1.54) is 18.2 Å². The molecule has 2 aliphatic rings. The van der Waals surface area contributed by atoms with Crippen LogP contribution in [-0.2, 0) is 0 Å². The summed E-state index contributed by atoms with van der Waals surface area (Å²) in [6.07, 6.45) is -1.94. The van der Waals surface area contributed by atoms with Gasteiger partial charge in [0.25, 0.3) is 0 Å². The lowest BCUT2D eigenvalue weighted by molar-refractivity contribution is 0.173. The van der Waals surface area contributed by atoms with Gasteiger partial charge in [-0.25, -0.2) is 4.39 Å². The standard InChI is InChI=1S/C19H20FNO3/c20-15-3-1-13(2-4-15)17-7-8-21-10-14(17)11-22-16-5-6-18-19(9-16)24-12-23-18/h1-6,9,14,17,21H,7-8,10-12H2/t14-,17?/m0/s1/i1D,2D,3D,4D,7D2,12D2. The van der Waals surface area contributed by atoms with E-state index in [4.69, 9.17) is 25.2 Å². The molecule has 0 saturated carbocycles. The zero-order chi connectivity index (χ0) is 23.4. The minimum atomic E-state index is -2.28. The van der Waals surface area contributed by atoms with Crippen molar-refractivity contribution in [2.45, 2.75) is 12.3 Å². The number of benzene rings is 2. The monoisotopic (exact) mass is 337 g/mol. The van der Waals surface area contributed by atoms with Crippen LogP contribution in [0.1, 0.15) is 28.8 Å². The SMILES string of the molecule is [2H]c1c([2H])c(C2[C@H](COc3ccc4c(c3)OC([2H])([2H])O4)CNCC2([2H])[2H])c([2H])c([2H])c1F. The van der Waals surface area contributed by atoms with Crippen LogP contribution in [0.4, 0.5) is 4.39 Å². The zero-order valence-corrected chi connectivity index (χ0v) is 12.6. The average molecular weight is 337 g/mol. The summed E-state index contributed by atoms with van der Waals surface area (Å²) >= 11 is 0. The second kappa shape index (κ2) is 6.69. The Morgan fingerprint density at radius 2 is 2.08 bits per heavy atom. The highest BCUT2D eigenvalue weighted by atomic mass is 19.1. The number of hydrogen-bond donors (Lipinski definition) is 1. The molecule has 2 aromatic rings. The van der Waals surface area contributed by atoms with Gasteiger partial charge in [-0.15, -0.1) is 0 Å². The van der Waals surface area contributed by atoms with Gasteiger partial charge in [0.05, 0.1) is 12.1 Å². The van der Waals surface area contributed by atoms with Crippen molar-refractivity contribution in [3.63, 3.8) is 0 Å². The molecule has 0 amide bonds. The number of nitrogens with one attached hydrogen (secondary N) is 1. The minimum Gasteiger partial charge on any atom is -0.493 e. The van der Waals surface area contributed by atoms with Gasteiger partial charge in [0, 0.05) is 21.3 Å². The van der Waals surface area contributed by atoms with Crippen LogP contribution in [0, 0.1) is 11.7 Å². The summed E-state index contributed by atoms with van der Waals surface area (Å²) in [5.74, 6) is -2.28. The van der Waals surface area contributed by atoms with E-state index < -0.39 is 54.9 Å². The van der Waals surface area contributed by atoms with E-state index in [0.29, 0.717) is 5.75 Å². The normalized spacial score (nSPS) is 31.4. The number of rotatable bonds is 4. The molecule has 126 valence electrons. The first kappa shape index (κ1) is 8.72. The van der Waals surface area contributed by atoms with Crippen LogP contribution in [0.2, 0.25) is 0 Å². The molecule has 2 atom stereocenters.